The lowest BCUT2D eigenvalue weighted by atomic mass is 9.96. The minimum Gasteiger partial charge on any atom is -0.193 e. The Morgan fingerprint density at radius 1 is 1.31 bits per heavy atom. The van der Waals surface area contributed by atoms with Crippen LogP contribution in [-0.4, -0.2) is 5.71 Å². The lowest BCUT2D eigenvalue weighted by Gasteiger charge is -2.05. The first kappa shape index (κ1) is 7.38. The van der Waals surface area contributed by atoms with Crippen LogP contribution >= 0.6 is 0 Å². The van der Waals surface area contributed by atoms with Crippen molar-refractivity contribution in [3.8, 4) is 12.1 Å². The molecule has 13 heavy (non-hydrogen) atoms. The highest BCUT2D eigenvalue weighted by Gasteiger charge is 2.22. The summed E-state index contributed by atoms with van der Waals surface area (Å²) in [5, 5.41) is 28.2. The number of nitrogens with zero attached hydrogens (tertiary/aromatic N) is 5. The number of hydrogen-bond donors (Lipinski definition) is 0. The Labute approximate surface area is 74.0 Å². The number of rotatable bonds is 0. The zero-order valence-corrected chi connectivity index (χ0v) is 6.52. The van der Waals surface area contributed by atoms with Crippen LogP contribution in [0.15, 0.2) is 38.4 Å². The van der Waals surface area contributed by atoms with Gasteiger partial charge in [0.15, 0.2) is 0 Å². The third-order valence-corrected chi connectivity index (χ3v) is 1.78. The summed E-state index contributed by atoms with van der Waals surface area (Å²) < 4.78 is 0. The highest BCUT2D eigenvalue weighted by atomic mass is 15.4. The van der Waals surface area contributed by atoms with Gasteiger partial charge in [0, 0.05) is 12.0 Å². The van der Waals surface area contributed by atoms with E-state index >= 15 is 0 Å². The second-order valence-electron chi connectivity index (χ2n) is 2.57. The van der Waals surface area contributed by atoms with Crippen LogP contribution in [0.5, 0.6) is 0 Å². The van der Waals surface area contributed by atoms with Gasteiger partial charge in [0.25, 0.3) is 0 Å². The van der Waals surface area contributed by atoms with E-state index in [-0.39, 0.29) is 0 Å². The van der Waals surface area contributed by atoms with Crippen LogP contribution in [0.4, 0.5) is 0 Å². The Kier molecular flexibility index (Phi) is 1.50. The predicted molar refractivity (Wildman–Crippen MR) is 43.2 cm³/mol. The van der Waals surface area contributed by atoms with Gasteiger partial charge in [-0.15, -0.1) is 10.2 Å². The van der Waals surface area contributed by atoms with E-state index in [1.54, 1.807) is 6.08 Å². The summed E-state index contributed by atoms with van der Waals surface area (Å²) in [6, 6.07) is 3.99. The largest absolute Gasteiger partial charge is 0.193 e. The van der Waals surface area contributed by atoms with Crippen molar-refractivity contribution >= 4 is 5.71 Å². The second-order valence-corrected chi connectivity index (χ2v) is 2.57. The molecule has 0 atom stereocenters. The number of allylic oxidation sites excluding steroid dienone is 3. The molecule has 60 valence electrons. The van der Waals surface area contributed by atoms with E-state index in [0.717, 1.165) is 0 Å². The van der Waals surface area contributed by atoms with Crippen molar-refractivity contribution in [3.63, 3.8) is 0 Å². The number of hydrogen-bond acceptors (Lipinski definition) is 5. The zero-order chi connectivity index (χ0) is 9.26. The van der Waals surface area contributed by atoms with E-state index in [4.69, 9.17) is 10.5 Å². The predicted octanol–water partition coefficient (Wildman–Crippen LogP) is 1.44. The summed E-state index contributed by atoms with van der Waals surface area (Å²) in [6.45, 7) is 0. The SMILES string of the molecule is N#CC1=CC2=NN=NC2=C(C#N)C1. The molecule has 5 nitrogen and oxygen atoms in total. The Hall–Kier alpha value is -2.27. The molecule has 1 aliphatic heterocycles. The van der Waals surface area contributed by atoms with Gasteiger partial charge in [0.1, 0.15) is 11.4 Å². The van der Waals surface area contributed by atoms with E-state index < -0.39 is 0 Å². The number of nitriles is 2. The van der Waals surface area contributed by atoms with Crippen LogP contribution in [-0.2, 0) is 0 Å². The highest BCUT2D eigenvalue weighted by molar-refractivity contribution is 6.11. The van der Waals surface area contributed by atoms with Gasteiger partial charge in [0.2, 0.25) is 0 Å². The van der Waals surface area contributed by atoms with Gasteiger partial charge in [-0.05, 0) is 11.3 Å². The average molecular weight is 169 g/mol. The molecule has 2 rings (SSSR count). The van der Waals surface area contributed by atoms with Gasteiger partial charge in [-0.25, -0.2) is 0 Å². The molecule has 5 heteroatoms. The van der Waals surface area contributed by atoms with Crippen LogP contribution in [0, 0.1) is 22.7 Å². The Balaban J connectivity index is 2.52. The molecule has 0 saturated heterocycles. The van der Waals surface area contributed by atoms with Gasteiger partial charge in [-0.1, -0.05) is 0 Å². The molecule has 0 aromatic carbocycles. The quantitative estimate of drug-likeness (QED) is 0.549. The fraction of sp³-hybridized carbons (Fsp3) is 0.125. The van der Waals surface area contributed by atoms with Crippen molar-refractivity contribution in [2.75, 3.05) is 0 Å². The minimum atomic E-state index is 0.334. The molecule has 0 aromatic rings. The van der Waals surface area contributed by atoms with Gasteiger partial charge >= 0.3 is 0 Å². The monoisotopic (exact) mass is 169 g/mol. The summed E-state index contributed by atoms with van der Waals surface area (Å²) in [4.78, 5) is 0. The van der Waals surface area contributed by atoms with Crippen molar-refractivity contribution in [1.29, 1.82) is 10.5 Å². The summed E-state index contributed by atoms with van der Waals surface area (Å²) in [5.41, 5.74) is 1.99. The minimum absolute atomic E-state index is 0.334. The molecule has 0 unspecified atom stereocenters. The Morgan fingerprint density at radius 3 is 2.85 bits per heavy atom. The van der Waals surface area contributed by atoms with Gasteiger partial charge in [-0.3, -0.25) is 0 Å². The van der Waals surface area contributed by atoms with E-state index in [9.17, 15) is 0 Å². The Bertz CT molecular complexity index is 464. The van der Waals surface area contributed by atoms with Crippen LogP contribution < -0.4 is 0 Å². The fourth-order valence-corrected chi connectivity index (χ4v) is 1.18. The Morgan fingerprint density at radius 2 is 2.15 bits per heavy atom. The maximum Gasteiger partial charge on any atom is 0.129 e. The normalized spacial score (nSPS) is 18.6. The lowest BCUT2D eigenvalue weighted by molar-refractivity contribution is 1.08. The third kappa shape index (κ3) is 1.03. The highest BCUT2D eigenvalue weighted by Crippen LogP contribution is 2.26. The van der Waals surface area contributed by atoms with Crippen LogP contribution in [0.3, 0.4) is 0 Å². The van der Waals surface area contributed by atoms with Crippen LogP contribution in [0.1, 0.15) is 6.42 Å². The smallest absolute Gasteiger partial charge is 0.129 e. The van der Waals surface area contributed by atoms with Crippen molar-refractivity contribution < 1.29 is 0 Å². The fourth-order valence-electron chi connectivity index (χ4n) is 1.18. The maximum absolute atomic E-state index is 8.75. The molecule has 0 fully saturated rings. The lowest BCUT2D eigenvalue weighted by Crippen LogP contribution is -2.05. The van der Waals surface area contributed by atoms with Crippen molar-refractivity contribution in [2.45, 2.75) is 6.42 Å². The van der Waals surface area contributed by atoms with Crippen molar-refractivity contribution in [3.05, 3.63) is 22.9 Å². The van der Waals surface area contributed by atoms with Crippen LogP contribution in [0.25, 0.3) is 0 Å². The molecular weight excluding hydrogens is 166 g/mol. The van der Waals surface area contributed by atoms with E-state index in [0.29, 0.717) is 29.0 Å². The topological polar surface area (TPSA) is 84.7 Å². The first-order valence-electron chi connectivity index (χ1n) is 3.58. The second kappa shape index (κ2) is 2.65. The van der Waals surface area contributed by atoms with E-state index in [1.165, 1.54) is 0 Å². The molecule has 0 N–H and O–H groups in total. The molecule has 0 radical (unpaired) electrons. The molecule has 0 saturated carbocycles. The maximum atomic E-state index is 8.75. The molecule has 0 aromatic heterocycles. The molecular formula is C8H3N5. The molecule has 0 amide bonds. The van der Waals surface area contributed by atoms with E-state index in [1.807, 2.05) is 12.1 Å². The standard InChI is InChI=1S/C8H3N5/c9-3-5-1-6(4-10)8-7(2-5)11-13-12-8/h2H,1H2. The zero-order valence-electron chi connectivity index (χ0n) is 6.52. The first-order chi connectivity index (χ1) is 6.35. The third-order valence-electron chi connectivity index (χ3n) is 1.78. The molecule has 0 spiro atoms. The van der Waals surface area contributed by atoms with Crippen LogP contribution in [0.2, 0.25) is 0 Å². The van der Waals surface area contributed by atoms with Gasteiger partial charge in [-0.2, -0.15) is 10.5 Å². The summed E-state index contributed by atoms with van der Waals surface area (Å²) in [7, 11) is 0. The molecule has 0 bridgehead atoms. The molecule has 2 aliphatic rings. The van der Waals surface area contributed by atoms with E-state index in [2.05, 4.69) is 15.4 Å². The summed E-state index contributed by atoms with van der Waals surface area (Å²) in [5.74, 6) is 0. The molecule has 1 heterocycles. The summed E-state index contributed by atoms with van der Waals surface area (Å²) in [6.07, 6.45) is 1.94. The van der Waals surface area contributed by atoms with Gasteiger partial charge in [0.05, 0.1) is 17.7 Å². The average Bonchev–Trinajstić information content (AvgIpc) is 2.63. The van der Waals surface area contributed by atoms with Gasteiger partial charge < -0.3 is 0 Å². The first-order valence-corrected chi connectivity index (χ1v) is 3.58. The number of fused-ring (bicyclic) bond motifs is 1. The summed E-state index contributed by atoms with van der Waals surface area (Å²) >= 11 is 0. The van der Waals surface area contributed by atoms with Crippen molar-refractivity contribution in [2.24, 2.45) is 15.4 Å². The van der Waals surface area contributed by atoms with Crippen molar-refractivity contribution in [1.82, 2.24) is 0 Å². The molecule has 1 aliphatic carbocycles.